The van der Waals surface area contributed by atoms with Crippen molar-refractivity contribution in [1.82, 2.24) is 0 Å². The van der Waals surface area contributed by atoms with Crippen LogP contribution in [0.5, 0.6) is 0 Å². The molecule has 0 fully saturated rings. The van der Waals surface area contributed by atoms with Crippen molar-refractivity contribution in [2.24, 2.45) is 0 Å². The van der Waals surface area contributed by atoms with Crippen molar-refractivity contribution in [1.29, 1.82) is 0 Å². The molecule has 0 rings (SSSR count). The Balaban J connectivity index is -0.0000000450. The monoisotopic (exact) mass is 388 g/mol. The Bertz CT molecular complexity index is 31.8. The average molecular weight is 386 g/mol. The zero-order valence-corrected chi connectivity index (χ0v) is 13.6. The summed E-state index contributed by atoms with van der Waals surface area (Å²) in [7, 11) is 0. The molecule has 0 aliphatic carbocycles. The van der Waals surface area contributed by atoms with Gasteiger partial charge in [0, 0.05) is 0 Å². The van der Waals surface area contributed by atoms with E-state index in [4.69, 9.17) is 0 Å². The molecule has 0 amide bonds. The van der Waals surface area contributed by atoms with Crippen LogP contribution in [-0.4, -0.2) is 54.4 Å². The van der Waals surface area contributed by atoms with Crippen molar-refractivity contribution in [2.45, 2.75) is 0 Å². The van der Waals surface area contributed by atoms with Crippen LogP contribution >= 0.6 is 0 Å². The van der Waals surface area contributed by atoms with Crippen LogP contribution in [0.15, 0.2) is 0 Å². The van der Waals surface area contributed by atoms with Gasteiger partial charge in [-0.05, 0) is 0 Å². The van der Waals surface area contributed by atoms with Gasteiger partial charge in [-0.3, -0.25) is 0 Å². The third-order valence-electron chi connectivity index (χ3n) is 0.0340. The molecule has 32 valence electrons. The van der Waals surface area contributed by atoms with Crippen molar-refractivity contribution in [2.75, 3.05) is 0 Å². The average Bonchev–Trinajstić information content (AvgIpc) is 1.37. The number of rotatable bonds is 1. The van der Waals surface area contributed by atoms with Gasteiger partial charge in [-0.25, -0.2) is 0 Å². The van der Waals surface area contributed by atoms with Crippen LogP contribution in [0.3, 0.4) is 0 Å². The number of hydrogen-bond donors (Lipinski definition) is 0. The first-order valence-corrected chi connectivity index (χ1v) is 8.32. The molecule has 0 aromatic heterocycles. The van der Waals surface area contributed by atoms with E-state index < -0.39 is 43.0 Å². The molecule has 6 heavy (non-hydrogen) atoms. The quantitative estimate of drug-likeness (QED) is 0.540. The van der Waals surface area contributed by atoms with Gasteiger partial charge in [0.1, 0.15) is 0 Å². The summed E-state index contributed by atoms with van der Waals surface area (Å²) in [6.45, 7) is 0. The Kier molecular flexibility index (Phi) is 42.1. The fraction of sp³-hybridized carbons (Fsp3) is 0. The van der Waals surface area contributed by atoms with Crippen molar-refractivity contribution in [3.05, 3.63) is 0 Å². The van der Waals surface area contributed by atoms with Crippen LogP contribution in [-0.2, 0) is 15.7 Å². The Hall–Kier alpha value is 3.18. The molecule has 6 heteroatoms. The molecule has 0 saturated heterocycles. The van der Waals surface area contributed by atoms with E-state index in [-0.39, 0.29) is 54.4 Å². The molecule has 0 aromatic rings. The summed E-state index contributed by atoms with van der Waals surface area (Å²) in [5.41, 5.74) is 0. The van der Waals surface area contributed by atoms with Gasteiger partial charge in [-0.15, -0.1) is 0 Å². The van der Waals surface area contributed by atoms with E-state index in [0.29, 0.717) is 0 Å². The van der Waals surface area contributed by atoms with Crippen LogP contribution < -0.4 is 0 Å². The van der Waals surface area contributed by atoms with Crippen molar-refractivity contribution in [3.8, 4) is 0 Å². The topological polar surface area (TPSA) is 64.1 Å². The molecule has 0 spiro atoms. The predicted octanol–water partition coefficient (Wildman–Crippen LogP) is -1.07. The summed E-state index contributed by atoms with van der Waals surface area (Å²) in [5.74, 6) is 0. The summed E-state index contributed by atoms with van der Waals surface area (Å²) >= 11 is -2.56. The molecule has 0 bridgehead atoms. The van der Waals surface area contributed by atoms with E-state index in [0.717, 1.165) is 0 Å². The maximum absolute atomic E-state index is 9.21. The summed E-state index contributed by atoms with van der Waals surface area (Å²) in [6, 6.07) is 0. The molecule has 0 aliphatic rings. The van der Waals surface area contributed by atoms with Gasteiger partial charge in [0.05, 0.1) is 0 Å². The zero-order chi connectivity index (χ0) is 3.41. The summed E-state index contributed by atoms with van der Waals surface area (Å²) in [5, 5.41) is 0. The first kappa shape index (κ1) is 16.1. The molecular weight excluding hydrogens is 384 g/mol. The Labute approximate surface area is 98.4 Å². The molecule has 1 N–H and O–H groups in total. The van der Waals surface area contributed by atoms with Gasteiger partial charge >= 0.3 is 96.3 Å². The molecule has 0 atom stereocenters. The minimum atomic E-state index is -1.44. The summed E-state index contributed by atoms with van der Waals surface area (Å²) in [4.78, 5) is 0. The SMILES string of the molecule is [BaH+].[OH-].[O]=[Ti][Sm]=[O]. The van der Waals surface area contributed by atoms with E-state index in [1.165, 1.54) is 0 Å². The number of hydrogen-bond acceptors (Lipinski definition) is 3. The van der Waals surface area contributed by atoms with Crippen molar-refractivity contribution >= 4 is 48.9 Å². The van der Waals surface area contributed by atoms with E-state index >= 15 is 0 Å². The van der Waals surface area contributed by atoms with Crippen LogP contribution in [0.25, 0.3) is 0 Å². The zero-order valence-electron chi connectivity index (χ0n) is 3.17. The first-order chi connectivity index (χ1) is 1.91. The molecule has 3 nitrogen and oxygen atoms in total. The van der Waals surface area contributed by atoms with Gasteiger partial charge in [0.2, 0.25) is 0 Å². The molecule has 0 saturated carbocycles. The van der Waals surface area contributed by atoms with Crippen LogP contribution in [0.1, 0.15) is 0 Å². The molecule has 0 radical (unpaired) electrons. The van der Waals surface area contributed by atoms with Crippen LogP contribution in [0.4, 0.5) is 0 Å². The molecule has 0 aliphatic heterocycles. The fourth-order valence-electron chi connectivity index (χ4n) is 0. The van der Waals surface area contributed by atoms with Crippen molar-refractivity contribution < 1.29 is 52.9 Å². The van der Waals surface area contributed by atoms with Gasteiger partial charge in [-0.2, -0.15) is 0 Å². The first-order valence-electron chi connectivity index (χ1n) is 0.575. The van der Waals surface area contributed by atoms with E-state index in [9.17, 15) is 4.43 Å². The maximum atomic E-state index is 9.21. The van der Waals surface area contributed by atoms with Crippen molar-refractivity contribution in [3.63, 3.8) is 0 Å². The fourth-order valence-corrected chi connectivity index (χ4v) is 0. The van der Waals surface area contributed by atoms with Crippen LogP contribution in [0.2, 0.25) is 0 Å². The molecule has 0 heterocycles. The second kappa shape index (κ2) is 15.7. The predicted molar refractivity (Wildman–Crippen MR) is 10.5 cm³/mol. The third kappa shape index (κ3) is 15.7. The third-order valence-corrected chi connectivity index (χ3v) is 1.04. The Morgan fingerprint density at radius 2 is 1.67 bits per heavy atom. The van der Waals surface area contributed by atoms with Gasteiger partial charge < -0.3 is 5.48 Å². The van der Waals surface area contributed by atoms with E-state index in [1.54, 1.807) is 0 Å². The second-order valence-electron chi connectivity index (χ2n) is 0.167. The van der Waals surface area contributed by atoms with Crippen LogP contribution in [0, 0.1) is 31.8 Å². The normalized spacial score (nSPS) is 2.67. The van der Waals surface area contributed by atoms with E-state index in [2.05, 4.69) is 0 Å². The van der Waals surface area contributed by atoms with Gasteiger partial charge in [-0.1, -0.05) is 0 Å². The second-order valence-corrected chi connectivity index (χ2v) is 5.10. The molecule has 0 aromatic carbocycles. The van der Waals surface area contributed by atoms with E-state index in [1.807, 2.05) is 0 Å². The Morgan fingerprint density at radius 1 is 1.50 bits per heavy atom. The Morgan fingerprint density at radius 3 is 1.67 bits per heavy atom. The van der Waals surface area contributed by atoms with Gasteiger partial charge in [0.25, 0.3) is 0 Å². The standard InChI is InChI=1S/Ba.H2O.2O.Sm.Ti.H/h;1H2;;;;;/q+1;;;;;;/p-1. The summed E-state index contributed by atoms with van der Waals surface area (Å²) in [6.07, 6.45) is 0. The minimum absolute atomic E-state index is 0. The molecular formula is H2BaO3SmTi. The van der Waals surface area contributed by atoms with Gasteiger partial charge in [0.15, 0.2) is 0 Å². The molecule has 0 unspecified atom stereocenters. The summed E-state index contributed by atoms with van der Waals surface area (Å²) < 4.78 is 18.4.